The van der Waals surface area contributed by atoms with Crippen LogP contribution in [0.15, 0.2) is 0 Å². The number of hydrogen-bond donors (Lipinski definition) is 3. The molecule has 188 valence electrons. The van der Waals surface area contributed by atoms with Gasteiger partial charge in [-0.1, -0.05) is 72.6 Å². The van der Waals surface area contributed by atoms with Gasteiger partial charge in [0.1, 0.15) is 0 Å². The molecule has 7 heteroatoms. The monoisotopic (exact) mass is 466 g/mol. The van der Waals surface area contributed by atoms with Gasteiger partial charge in [0.15, 0.2) is 0 Å². The van der Waals surface area contributed by atoms with Gasteiger partial charge in [0.25, 0.3) is 0 Å². The summed E-state index contributed by atoms with van der Waals surface area (Å²) in [5.41, 5.74) is 0.0909. The number of hydrogen-bond acceptors (Lipinski definition) is 4. The zero-order valence-corrected chi connectivity index (χ0v) is 21.6. The van der Waals surface area contributed by atoms with Crippen LogP contribution >= 0.6 is 7.82 Å². The molecular weight excluding hydrogens is 415 g/mol. The van der Waals surface area contributed by atoms with E-state index in [2.05, 4.69) is 32.2 Å². The summed E-state index contributed by atoms with van der Waals surface area (Å²) >= 11 is 0. The molecule has 0 heterocycles. The summed E-state index contributed by atoms with van der Waals surface area (Å²) in [6, 6.07) is 0. The van der Waals surface area contributed by atoms with E-state index >= 15 is 0 Å². The molecule has 0 aromatic carbocycles. The maximum Gasteiger partial charge on any atom is 0.469 e. The van der Waals surface area contributed by atoms with Crippen molar-refractivity contribution in [2.24, 2.45) is 17.3 Å². The Bertz CT molecular complexity index is 449. The second-order valence-corrected chi connectivity index (χ2v) is 10.4. The van der Waals surface area contributed by atoms with E-state index in [1.807, 2.05) is 0 Å². The SMILES string of the molecule is CCC(CCCCO)CC(CC)CCOCCCCC(CC)(CC)CCOP(=O)(O)O. The van der Waals surface area contributed by atoms with Gasteiger partial charge in [0.2, 0.25) is 0 Å². The maximum absolute atomic E-state index is 10.9. The first-order valence-electron chi connectivity index (χ1n) is 12.6. The van der Waals surface area contributed by atoms with Crippen molar-refractivity contribution < 1.29 is 28.7 Å². The standard InChI is InChI=1S/C24H51O6P/c1-5-22(13-9-11-17-25)21-23(6-2)14-19-29-18-12-10-15-24(7-3,8-4)16-20-30-31(26,27)28/h22-23,25H,5-21H2,1-4H3,(H2,26,27,28). The maximum atomic E-state index is 10.9. The van der Waals surface area contributed by atoms with Gasteiger partial charge in [0, 0.05) is 19.8 Å². The highest BCUT2D eigenvalue weighted by molar-refractivity contribution is 7.46. The number of aliphatic hydroxyl groups excluding tert-OH is 1. The van der Waals surface area contributed by atoms with Crippen LogP contribution in [0.1, 0.15) is 111 Å². The van der Waals surface area contributed by atoms with Crippen molar-refractivity contribution >= 4 is 7.82 Å². The number of aliphatic hydroxyl groups is 1. The van der Waals surface area contributed by atoms with Crippen molar-refractivity contribution in [2.45, 2.75) is 111 Å². The average molecular weight is 467 g/mol. The molecule has 0 saturated carbocycles. The van der Waals surface area contributed by atoms with E-state index < -0.39 is 7.82 Å². The number of ether oxygens (including phenoxy) is 1. The van der Waals surface area contributed by atoms with Crippen molar-refractivity contribution in [1.29, 1.82) is 0 Å². The summed E-state index contributed by atoms with van der Waals surface area (Å²) in [4.78, 5) is 17.8. The Morgan fingerprint density at radius 2 is 1.45 bits per heavy atom. The summed E-state index contributed by atoms with van der Waals surface area (Å²) in [5, 5.41) is 8.97. The highest BCUT2D eigenvalue weighted by atomic mass is 31.2. The van der Waals surface area contributed by atoms with Gasteiger partial charge >= 0.3 is 7.82 Å². The van der Waals surface area contributed by atoms with Gasteiger partial charge < -0.3 is 19.6 Å². The van der Waals surface area contributed by atoms with Gasteiger partial charge in [-0.05, 0) is 55.8 Å². The predicted molar refractivity (Wildman–Crippen MR) is 128 cm³/mol. The molecule has 6 nitrogen and oxygen atoms in total. The Morgan fingerprint density at radius 3 is 2.00 bits per heavy atom. The van der Waals surface area contributed by atoms with Crippen molar-refractivity contribution in [3.63, 3.8) is 0 Å². The highest BCUT2D eigenvalue weighted by Gasteiger charge is 2.27. The van der Waals surface area contributed by atoms with E-state index in [-0.39, 0.29) is 12.0 Å². The number of rotatable bonds is 22. The minimum atomic E-state index is -4.38. The fourth-order valence-electron chi connectivity index (χ4n) is 4.51. The molecule has 0 saturated heterocycles. The summed E-state index contributed by atoms with van der Waals surface area (Å²) in [6.07, 6.45) is 13.9. The van der Waals surface area contributed by atoms with Crippen LogP contribution in [-0.4, -0.2) is 41.3 Å². The molecule has 31 heavy (non-hydrogen) atoms. The van der Waals surface area contributed by atoms with E-state index in [1.54, 1.807) is 0 Å². The normalized spacial score (nSPS) is 14.7. The van der Waals surface area contributed by atoms with Crippen molar-refractivity contribution in [2.75, 3.05) is 26.4 Å². The summed E-state index contributed by atoms with van der Waals surface area (Å²) in [6.45, 7) is 10.9. The molecule has 2 unspecified atom stereocenters. The molecule has 0 fully saturated rings. The highest BCUT2D eigenvalue weighted by Crippen LogP contribution is 2.40. The van der Waals surface area contributed by atoms with Crippen LogP contribution in [0, 0.1) is 17.3 Å². The van der Waals surface area contributed by atoms with Crippen LogP contribution in [-0.2, 0) is 13.8 Å². The van der Waals surface area contributed by atoms with Crippen molar-refractivity contribution in [3.05, 3.63) is 0 Å². The van der Waals surface area contributed by atoms with Crippen LogP contribution in [0.2, 0.25) is 0 Å². The molecule has 0 aliphatic heterocycles. The molecule has 3 N–H and O–H groups in total. The van der Waals surface area contributed by atoms with Gasteiger partial charge in [-0.3, -0.25) is 4.52 Å². The molecule has 0 radical (unpaired) electrons. The topological polar surface area (TPSA) is 96.2 Å². The van der Waals surface area contributed by atoms with Gasteiger partial charge in [0.05, 0.1) is 6.61 Å². The zero-order chi connectivity index (χ0) is 23.6. The van der Waals surface area contributed by atoms with Crippen molar-refractivity contribution in [1.82, 2.24) is 0 Å². The molecule has 0 aromatic heterocycles. The second kappa shape index (κ2) is 18.5. The van der Waals surface area contributed by atoms with E-state index in [0.717, 1.165) is 76.4 Å². The minimum absolute atomic E-state index is 0.0909. The molecule has 0 spiro atoms. The molecule has 0 aromatic rings. The Hall–Kier alpha value is 0.0300. The lowest BCUT2D eigenvalue weighted by molar-refractivity contribution is 0.102. The molecule has 0 bridgehead atoms. The third-order valence-electron chi connectivity index (χ3n) is 7.15. The first kappa shape index (κ1) is 31.0. The largest absolute Gasteiger partial charge is 0.469 e. The van der Waals surface area contributed by atoms with Gasteiger partial charge in [-0.15, -0.1) is 0 Å². The molecule has 0 aliphatic carbocycles. The van der Waals surface area contributed by atoms with E-state index in [0.29, 0.717) is 13.0 Å². The zero-order valence-electron chi connectivity index (χ0n) is 20.7. The van der Waals surface area contributed by atoms with E-state index in [9.17, 15) is 4.57 Å². The Balaban J connectivity index is 4.07. The Labute approximate surface area is 191 Å². The van der Waals surface area contributed by atoms with Crippen LogP contribution in [0.25, 0.3) is 0 Å². The van der Waals surface area contributed by atoms with E-state index in [1.165, 1.54) is 25.7 Å². The van der Waals surface area contributed by atoms with Crippen molar-refractivity contribution in [3.8, 4) is 0 Å². The fourth-order valence-corrected chi connectivity index (χ4v) is 4.84. The minimum Gasteiger partial charge on any atom is -0.396 e. The smallest absolute Gasteiger partial charge is 0.396 e. The lowest BCUT2D eigenvalue weighted by atomic mass is 9.75. The first-order chi connectivity index (χ1) is 14.8. The molecule has 2 atom stereocenters. The summed E-state index contributed by atoms with van der Waals surface area (Å²) < 4.78 is 21.5. The summed E-state index contributed by atoms with van der Waals surface area (Å²) in [5.74, 6) is 1.49. The second-order valence-electron chi connectivity index (χ2n) is 9.14. The van der Waals surface area contributed by atoms with Crippen LogP contribution in [0.4, 0.5) is 0 Å². The Morgan fingerprint density at radius 1 is 0.806 bits per heavy atom. The van der Waals surface area contributed by atoms with Crippen LogP contribution in [0.3, 0.4) is 0 Å². The van der Waals surface area contributed by atoms with Crippen LogP contribution < -0.4 is 0 Å². The molecule has 0 aliphatic rings. The lowest BCUT2D eigenvalue weighted by Gasteiger charge is -2.32. The third-order valence-corrected chi connectivity index (χ3v) is 7.67. The van der Waals surface area contributed by atoms with Gasteiger partial charge in [-0.25, -0.2) is 4.57 Å². The summed E-state index contributed by atoms with van der Waals surface area (Å²) in [7, 11) is -4.38. The van der Waals surface area contributed by atoms with E-state index in [4.69, 9.17) is 19.6 Å². The third kappa shape index (κ3) is 16.3. The molecule has 0 amide bonds. The number of phosphoric ester groups is 1. The Kier molecular flexibility index (Phi) is 18.5. The number of unbranched alkanes of at least 4 members (excludes halogenated alkanes) is 2. The fraction of sp³-hybridized carbons (Fsp3) is 1.00. The molecular formula is C24H51O6P. The molecule has 0 rings (SSSR count). The first-order valence-corrected chi connectivity index (χ1v) is 14.2. The number of phosphoric acid groups is 1. The lowest BCUT2D eigenvalue weighted by Crippen LogP contribution is -2.21. The van der Waals surface area contributed by atoms with Crippen LogP contribution in [0.5, 0.6) is 0 Å². The quantitative estimate of drug-likeness (QED) is 0.125. The van der Waals surface area contributed by atoms with Gasteiger partial charge in [-0.2, -0.15) is 0 Å². The predicted octanol–water partition coefficient (Wildman–Crippen LogP) is 6.47. The average Bonchev–Trinajstić information content (AvgIpc) is 2.74.